The third kappa shape index (κ3) is 4.27. The number of aromatic nitrogens is 3. The summed E-state index contributed by atoms with van der Waals surface area (Å²) in [4.78, 5) is 18.4. The maximum absolute atomic E-state index is 9.55. The summed E-state index contributed by atoms with van der Waals surface area (Å²) >= 11 is 1.75. The Hall–Kier alpha value is -3.04. The molecular weight excluding hydrogens is 402 g/mol. The Morgan fingerprint density at radius 2 is 1.87 bits per heavy atom. The molecule has 3 heterocycles. The van der Waals surface area contributed by atoms with E-state index in [1.54, 1.807) is 37.4 Å². The molecule has 8 nitrogen and oxygen atoms in total. The number of phenolic OH excluding ortho intramolecular Hbond substituents is 1. The van der Waals surface area contributed by atoms with Gasteiger partial charge in [0, 0.05) is 30.0 Å². The zero-order chi connectivity index (χ0) is 21.8. The van der Waals surface area contributed by atoms with Gasteiger partial charge >= 0.3 is 0 Å². The molecule has 0 bridgehead atoms. The monoisotopic (exact) mass is 427 g/mol. The molecule has 0 unspecified atom stereocenters. The van der Waals surface area contributed by atoms with Crippen molar-refractivity contribution in [2.24, 2.45) is 9.98 Å². The molecular formula is C21H25N5O3S. The molecule has 1 aliphatic heterocycles. The highest BCUT2D eigenvalue weighted by Gasteiger charge is 2.26. The first-order valence-electron chi connectivity index (χ1n) is 9.36. The van der Waals surface area contributed by atoms with Crippen molar-refractivity contribution in [3.05, 3.63) is 57.5 Å². The van der Waals surface area contributed by atoms with Crippen LogP contribution in [0, 0.1) is 20.8 Å². The van der Waals surface area contributed by atoms with Gasteiger partial charge in [-0.1, -0.05) is 0 Å². The number of aliphatic imine (C=N–C) groups is 2. The van der Waals surface area contributed by atoms with Crippen molar-refractivity contribution in [3.8, 4) is 10.8 Å². The number of fused-ring (bicyclic) bond motifs is 3. The van der Waals surface area contributed by atoms with E-state index < -0.39 is 0 Å². The highest BCUT2D eigenvalue weighted by molar-refractivity contribution is 7.15. The summed E-state index contributed by atoms with van der Waals surface area (Å²) in [6, 6.07) is 7.21. The van der Waals surface area contributed by atoms with Gasteiger partial charge in [-0.2, -0.15) is 4.89 Å². The van der Waals surface area contributed by atoms with Crippen molar-refractivity contribution in [1.29, 1.82) is 0 Å². The molecule has 158 valence electrons. The summed E-state index contributed by atoms with van der Waals surface area (Å²) in [6.07, 6.45) is 0. The van der Waals surface area contributed by atoms with Crippen molar-refractivity contribution in [1.82, 2.24) is 14.8 Å². The number of hydrogen-bond donors (Lipinski definition) is 1. The molecule has 3 aromatic rings. The van der Waals surface area contributed by atoms with Crippen LogP contribution in [0.5, 0.6) is 5.75 Å². The minimum Gasteiger partial charge on any atom is -0.508 e. The quantitative estimate of drug-likeness (QED) is 0.289. The SMILES string of the molecule is CN=C(C)OOC.Cc1sc2c(c1C)C(c1ccc(O)cc1)=NCc1nnc(C)n1-2. The molecule has 4 rings (SSSR count). The maximum atomic E-state index is 9.55. The first-order valence-corrected chi connectivity index (χ1v) is 10.2. The van der Waals surface area contributed by atoms with E-state index >= 15 is 0 Å². The summed E-state index contributed by atoms with van der Waals surface area (Å²) in [5, 5.41) is 19.1. The molecule has 0 atom stereocenters. The first kappa shape index (κ1) is 21.7. The number of aryl methyl sites for hydroxylation is 2. The molecule has 2 aromatic heterocycles. The van der Waals surface area contributed by atoms with Gasteiger partial charge in [0.1, 0.15) is 23.1 Å². The van der Waals surface area contributed by atoms with Gasteiger partial charge in [-0.3, -0.25) is 14.6 Å². The molecule has 0 saturated carbocycles. The number of benzene rings is 1. The van der Waals surface area contributed by atoms with Crippen LogP contribution >= 0.6 is 11.3 Å². The first-order chi connectivity index (χ1) is 14.4. The molecule has 1 aliphatic rings. The number of aromatic hydroxyl groups is 1. The second-order valence-corrected chi connectivity index (χ2v) is 7.87. The topological polar surface area (TPSA) is 94.1 Å². The van der Waals surface area contributed by atoms with E-state index in [0.717, 1.165) is 33.5 Å². The predicted octanol–water partition coefficient (Wildman–Crippen LogP) is 3.92. The van der Waals surface area contributed by atoms with Crippen LogP contribution in [-0.2, 0) is 16.3 Å². The Bertz CT molecular complexity index is 1100. The zero-order valence-electron chi connectivity index (χ0n) is 17.9. The minimum absolute atomic E-state index is 0.259. The molecule has 0 fully saturated rings. The van der Waals surface area contributed by atoms with Crippen molar-refractivity contribution < 1.29 is 14.9 Å². The van der Waals surface area contributed by atoms with Gasteiger partial charge in [-0.15, -0.1) is 21.5 Å². The van der Waals surface area contributed by atoms with Crippen LogP contribution in [0.4, 0.5) is 0 Å². The van der Waals surface area contributed by atoms with Gasteiger partial charge < -0.3 is 9.99 Å². The highest BCUT2D eigenvalue weighted by Crippen LogP contribution is 2.36. The average molecular weight is 428 g/mol. The van der Waals surface area contributed by atoms with E-state index in [4.69, 9.17) is 4.99 Å². The zero-order valence-corrected chi connectivity index (χ0v) is 18.7. The molecule has 9 heteroatoms. The number of phenols is 1. The smallest absolute Gasteiger partial charge is 0.224 e. The lowest BCUT2D eigenvalue weighted by molar-refractivity contribution is -0.194. The van der Waals surface area contributed by atoms with Gasteiger partial charge in [-0.25, -0.2) is 0 Å². The molecule has 0 saturated heterocycles. The lowest BCUT2D eigenvalue weighted by Gasteiger charge is -2.09. The Labute approximate surface area is 179 Å². The summed E-state index contributed by atoms with van der Waals surface area (Å²) in [6.45, 7) is 8.43. The summed E-state index contributed by atoms with van der Waals surface area (Å²) < 4.78 is 2.11. The van der Waals surface area contributed by atoms with Gasteiger partial charge in [0.25, 0.3) is 0 Å². The van der Waals surface area contributed by atoms with Gasteiger partial charge in [0.2, 0.25) is 5.90 Å². The second kappa shape index (κ2) is 9.19. The Balaban J connectivity index is 0.000000318. The average Bonchev–Trinajstić information content (AvgIpc) is 3.17. The van der Waals surface area contributed by atoms with Crippen LogP contribution in [0.15, 0.2) is 34.3 Å². The maximum Gasteiger partial charge on any atom is 0.224 e. The normalized spacial score (nSPS) is 12.9. The van der Waals surface area contributed by atoms with Crippen molar-refractivity contribution in [2.45, 2.75) is 34.2 Å². The molecule has 1 N–H and O–H groups in total. The second-order valence-electron chi connectivity index (χ2n) is 6.67. The largest absolute Gasteiger partial charge is 0.508 e. The predicted molar refractivity (Wildman–Crippen MR) is 118 cm³/mol. The number of nitrogens with zero attached hydrogens (tertiary/aromatic N) is 5. The Morgan fingerprint density at radius 1 is 1.17 bits per heavy atom. The van der Waals surface area contributed by atoms with E-state index in [-0.39, 0.29) is 5.75 Å². The van der Waals surface area contributed by atoms with Crippen molar-refractivity contribution in [3.63, 3.8) is 0 Å². The van der Waals surface area contributed by atoms with Crippen molar-refractivity contribution in [2.75, 3.05) is 14.2 Å². The fourth-order valence-corrected chi connectivity index (χ4v) is 4.29. The van der Waals surface area contributed by atoms with Crippen LogP contribution in [0.2, 0.25) is 0 Å². The standard InChI is InChI=1S/C17H16N4OS.C4H9NO2/c1-9-10(2)23-17-15(9)16(12-4-6-13(22)7-5-12)18-8-14-20-19-11(3)21(14)17;1-4(5-2)7-6-3/h4-7,22H,8H2,1-3H3;1-3H3. The van der Waals surface area contributed by atoms with E-state index in [2.05, 4.69) is 43.4 Å². The molecule has 0 radical (unpaired) electrons. The van der Waals surface area contributed by atoms with Crippen molar-refractivity contribution >= 4 is 22.9 Å². The van der Waals surface area contributed by atoms with E-state index in [9.17, 15) is 5.11 Å². The van der Waals surface area contributed by atoms with E-state index in [1.165, 1.54) is 17.6 Å². The van der Waals surface area contributed by atoms with E-state index in [1.807, 2.05) is 19.1 Å². The summed E-state index contributed by atoms with van der Waals surface area (Å²) in [5.74, 6) is 2.53. The van der Waals surface area contributed by atoms with Gasteiger partial charge in [0.15, 0.2) is 5.82 Å². The lowest BCUT2D eigenvalue weighted by Crippen LogP contribution is -2.07. The van der Waals surface area contributed by atoms with Crippen LogP contribution < -0.4 is 0 Å². The molecule has 0 amide bonds. The summed E-state index contributed by atoms with van der Waals surface area (Å²) in [7, 11) is 3.07. The third-order valence-electron chi connectivity index (χ3n) is 4.74. The number of thiophene rings is 1. The highest BCUT2D eigenvalue weighted by atomic mass is 32.1. The molecule has 0 spiro atoms. The van der Waals surface area contributed by atoms with Crippen LogP contribution in [-0.4, -0.2) is 45.6 Å². The Morgan fingerprint density at radius 3 is 2.47 bits per heavy atom. The third-order valence-corrected chi connectivity index (χ3v) is 5.93. The van der Waals surface area contributed by atoms with Crippen LogP contribution in [0.3, 0.4) is 0 Å². The van der Waals surface area contributed by atoms with Crippen LogP contribution in [0.1, 0.15) is 40.1 Å². The number of hydrogen-bond acceptors (Lipinski definition) is 8. The number of rotatable bonds is 2. The van der Waals surface area contributed by atoms with Crippen LogP contribution in [0.25, 0.3) is 5.00 Å². The minimum atomic E-state index is 0.259. The Kier molecular flexibility index (Phi) is 6.63. The molecule has 30 heavy (non-hydrogen) atoms. The summed E-state index contributed by atoms with van der Waals surface area (Å²) in [5.41, 5.74) is 4.32. The van der Waals surface area contributed by atoms with Gasteiger partial charge in [0.05, 0.1) is 12.8 Å². The van der Waals surface area contributed by atoms with E-state index in [0.29, 0.717) is 12.4 Å². The van der Waals surface area contributed by atoms with Gasteiger partial charge in [-0.05, 0) is 50.6 Å². The fourth-order valence-electron chi connectivity index (χ4n) is 3.06. The molecule has 0 aliphatic carbocycles. The molecule has 1 aromatic carbocycles. The lowest BCUT2D eigenvalue weighted by atomic mass is 10.00. The fraction of sp³-hybridized carbons (Fsp3) is 0.333.